The van der Waals surface area contributed by atoms with E-state index < -0.39 is 0 Å². The molecule has 0 aliphatic rings. The first-order valence-electron chi connectivity index (χ1n) is 6.61. The van der Waals surface area contributed by atoms with Crippen molar-refractivity contribution in [1.29, 1.82) is 0 Å². The smallest absolute Gasteiger partial charge is 0.239 e. The van der Waals surface area contributed by atoms with Crippen LogP contribution >= 0.6 is 15.9 Å². The van der Waals surface area contributed by atoms with E-state index in [1.54, 1.807) is 0 Å². The fourth-order valence-electron chi connectivity index (χ4n) is 1.78. The molecule has 1 amide bonds. The van der Waals surface area contributed by atoms with Crippen molar-refractivity contribution in [3.05, 3.63) is 27.7 Å². The van der Waals surface area contributed by atoms with Crippen molar-refractivity contribution >= 4 is 27.5 Å². The lowest BCUT2D eigenvalue weighted by atomic mass is 10.1. The third-order valence-electron chi connectivity index (χ3n) is 3.25. The standard InChI is InChI=1S/C15H23BrN2O/c1-9(2)12(5)18-14(19)8-17-15-11(4)6-10(3)7-13(15)16/h6-7,9,12,17H,8H2,1-5H3,(H,18,19). The fraction of sp³-hybridized carbons (Fsp3) is 0.533. The van der Waals surface area contributed by atoms with Crippen molar-refractivity contribution in [2.75, 3.05) is 11.9 Å². The van der Waals surface area contributed by atoms with Gasteiger partial charge in [-0.25, -0.2) is 0 Å². The number of carbonyl (C=O) groups is 1. The first-order valence-corrected chi connectivity index (χ1v) is 7.40. The summed E-state index contributed by atoms with van der Waals surface area (Å²) >= 11 is 3.53. The van der Waals surface area contributed by atoms with E-state index in [0.717, 1.165) is 15.7 Å². The summed E-state index contributed by atoms with van der Waals surface area (Å²) in [6.45, 7) is 10.6. The van der Waals surface area contributed by atoms with E-state index in [1.807, 2.05) is 19.9 Å². The molecule has 1 rings (SSSR count). The zero-order valence-corrected chi connectivity index (χ0v) is 13.9. The number of benzene rings is 1. The second-order valence-corrected chi connectivity index (χ2v) is 6.25. The Morgan fingerprint density at radius 1 is 1.26 bits per heavy atom. The lowest BCUT2D eigenvalue weighted by Crippen LogP contribution is -2.39. The Morgan fingerprint density at radius 2 is 1.89 bits per heavy atom. The average molecular weight is 327 g/mol. The largest absolute Gasteiger partial charge is 0.375 e. The first-order chi connectivity index (χ1) is 8.81. The van der Waals surface area contributed by atoms with Crippen molar-refractivity contribution in [2.45, 2.75) is 40.7 Å². The molecule has 0 heterocycles. The number of halogens is 1. The molecule has 1 atom stereocenters. The summed E-state index contributed by atoms with van der Waals surface area (Å²) in [6.07, 6.45) is 0. The molecule has 1 aromatic carbocycles. The number of rotatable bonds is 5. The number of amides is 1. The Bertz CT molecular complexity index is 434. The molecule has 0 fully saturated rings. The first kappa shape index (κ1) is 16.0. The van der Waals surface area contributed by atoms with Crippen LogP contribution in [0.15, 0.2) is 16.6 Å². The van der Waals surface area contributed by atoms with Crippen molar-refractivity contribution in [3.63, 3.8) is 0 Å². The zero-order chi connectivity index (χ0) is 14.6. The van der Waals surface area contributed by atoms with Gasteiger partial charge in [-0.15, -0.1) is 0 Å². The van der Waals surface area contributed by atoms with Crippen LogP contribution in [0.1, 0.15) is 31.9 Å². The lowest BCUT2D eigenvalue weighted by Gasteiger charge is -2.18. The van der Waals surface area contributed by atoms with Gasteiger partial charge in [-0.2, -0.15) is 0 Å². The lowest BCUT2D eigenvalue weighted by molar-refractivity contribution is -0.120. The molecule has 1 unspecified atom stereocenters. The van der Waals surface area contributed by atoms with E-state index in [4.69, 9.17) is 0 Å². The summed E-state index contributed by atoms with van der Waals surface area (Å²) in [7, 11) is 0. The molecule has 2 N–H and O–H groups in total. The van der Waals surface area contributed by atoms with E-state index in [1.165, 1.54) is 5.56 Å². The second-order valence-electron chi connectivity index (χ2n) is 5.39. The number of aryl methyl sites for hydroxylation is 2. The molecule has 1 aromatic rings. The van der Waals surface area contributed by atoms with Crippen molar-refractivity contribution in [1.82, 2.24) is 5.32 Å². The third kappa shape index (κ3) is 4.86. The number of nitrogens with one attached hydrogen (secondary N) is 2. The molecule has 0 saturated heterocycles. The molecular weight excluding hydrogens is 304 g/mol. The molecular formula is C15H23BrN2O. The van der Waals surface area contributed by atoms with Gasteiger partial charge in [-0.3, -0.25) is 4.79 Å². The Labute approximate surface area is 124 Å². The molecule has 0 spiro atoms. The van der Waals surface area contributed by atoms with E-state index >= 15 is 0 Å². The molecule has 3 nitrogen and oxygen atoms in total. The molecule has 0 aromatic heterocycles. The van der Waals surface area contributed by atoms with Crippen LogP contribution in [-0.4, -0.2) is 18.5 Å². The minimum absolute atomic E-state index is 0.0214. The molecule has 0 aliphatic heterocycles. The molecule has 19 heavy (non-hydrogen) atoms. The highest BCUT2D eigenvalue weighted by Gasteiger charge is 2.11. The van der Waals surface area contributed by atoms with Gasteiger partial charge in [-0.05, 0) is 59.8 Å². The van der Waals surface area contributed by atoms with Crippen LogP contribution in [0.4, 0.5) is 5.69 Å². The summed E-state index contributed by atoms with van der Waals surface area (Å²) in [5.74, 6) is 0.463. The monoisotopic (exact) mass is 326 g/mol. The second kappa shape index (κ2) is 6.94. The number of carbonyl (C=O) groups excluding carboxylic acids is 1. The maximum Gasteiger partial charge on any atom is 0.239 e. The van der Waals surface area contributed by atoms with Gasteiger partial charge in [0, 0.05) is 10.5 Å². The molecule has 0 bridgehead atoms. The van der Waals surface area contributed by atoms with Crippen LogP contribution in [0, 0.1) is 19.8 Å². The van der Waals surface area contributed by atoms with Crippen molar-refractivity contribution < 1.29 is 4.79 Å². The summed E-state index contributed by atoms with van der Waals surface area (Å²) < 4.78 is 0.995. The van der Waals surface area contributed by atoms with Crippen LogP contribution in [0.25, 0.3) is 0 Å². The van der Waals surface area contributed by atoms with Crippen LogP contribution < -0.4 is 10.6 Å². The van der Waals surface area contributed by atoms with Gasteiger partial charge in [0.2, 0.25) is 5.91 Å². The topological polar surface area (TPSA) is 41.1 Å². The van der Waals surface area contributed by atoms with Gasteiger partial charge in [-0.1, -0.05) is 19.9 Å². The minimum Gasteiger partial charge on any atom is -0.375 e. The van der Waals surface area contributed by atoms with Gasteiger partial charge in [0.15, 0.2) is 0 Å². The summed E-state index contributed by atoms with van der Waals surface area (Å²) in [5, 5.41) is 6.18. The zero-order valence-electron chi connectivity index (χ0n) is 12.3. The normalized spacial score (nSPS) is 12.4. The van der Waals surface area contributed by atoms with Crippen LogP contribution in [0.5, 0.6) is 0 Å². The molecule has 4 heteroatoms. The van der Waals surface area contributed by atoms with E-state index in [2.05, 4.69) is 53.4 Å². The summed E-state index contributed by atoms with van der Waals surface area (Å²) in [4.78, 5) is 11.8. The highest BCUT2D eigenvalue weighted by Crippen LogP contribution is 2.27. The predicted octanol–water partition coefficient (Wildman–Crippen LogP) is 3.64. The number of anilines is 1. The van der Waals surface area contributed by atoms with Gasteiger partial charge >= 0.3 is 0 Å². The van der Waals surface area contributed by atoms with Crippen LogP contribution in [0.3, 0.4) is 0 Å². The maximum atomic E-state index is 11.8. The molecule has 0 radical (unpaired) electrons. The van der Waals surface area contributed by atoms with E-state index in [9.17, 15) is 4.79 Å². The quantitative estimate of drug-likeness (QED) is 0.867. The van der Waals surface area contributed by atoms with Gasteiger partial charge in [0.25, 0.3) is 0 Å². The van der Waals surface area contributed by atoms with Crippen LogP contribution in [-0.2, 0) is 4.79 Å². The highest BCUT2D eigenvalue weighted by molar-refractivity contribution is 9.10. The molecule has 106 valence electrons. The van der Waals surface area contributed by atoms with E-state index in [0.29, 0.717) is 12.5 Å². The molecule has 0 saturated carbocycles. The minimum atomic E-state index is 0.0214. The van der Waals surface area contributed by atoms with Gasteiger partial charge in [0.1, 0.15) is 0 Å². The number of hydrogen-bond donors (Lipinski definition) is 2. The highest BCUT2D eigenvalue weighted by atomic mass is 79.9. The fourth-order valence-corrected chi connectivity index (χ4v) is 2.59. The summed E-state index contributed by atoms with van der Waals surface area (Å²) in [6, 6.07) is 4.34. The predicted molar refractivity (Wildman–Crippen MR) is 84.5 cm³/mol. The number of hydrogen-bond acceptors (Lipinski definition) is 2. The Hall–Kier alpha value is -1.03. The average Bonchev–Trinajstić information content (AvgIpc) is 2.27. The Balaban J connectivity index is 2.60. The maximum absolute atomic E-state index is 11.8. The van der Waals surface area contributed by atoms with Crippen molar-refractivity contribution in [3.8, 4) is 0 Å². The third-order valence-corrected chi connectivity index (χ3v) is 3.87. The van der Waals surface area contributed by atoms with Crippen molar-refractivity contribution in [2.24, 2.45) is 5.92 Å². The SMILES string of the molecule is Cc1cc(C)c(NCC(=O)NC(C)C(C)C)c(Br)c1. The Kier molecular flexibility index (Phi) is 5.85. The Morgan fingerprint density at radius 3 is 2.42 bits per heavy atom. The van der Waals surface area contributed by atoms with Crippen LogP contribution in [0.2, 0.25) is 0 Å². The van der Waals surface area contributed by atoms with Gasteiger partial charge < -0.3 is 10.6 Å². The van der Waals surface area contributed by atoms with Gasteiger partial charge in [0.05, 0.1) is 12.2 Å². The van der Waals surface area contributed by atoms with E-state index in [-0.39, 0.29) is 11.9 Å². The molecule has 0 aliphatic carbocycles. The summed E-state index contributed by atoms with van der Waals surface area (Å²) in [5.41, 5.74) is 3.32.